The molecule has 0 aliphatic heterocycles. The van der Waals surface area contributed by atoms with Crippen molar-refractivity contribution in [3.63, 3.8) is 0 Å². The number of carboxylic acids is 1. The largest absolute Gasteiger partial charge is 0.476 e. The van der Waals surface area contributed by atoms with Gasteiger partial charge in [0, 0.05) is 16.2 Å². The van der Waals surface area contributed by atoms with E-state index in [1.165, 1.54) is 10.7 Å². The van der Waals surface area contributed by atoms with Crippen LogP contribution < -0.4 is 5.43 Å². The topological polar surface area (TPSA) is 72.2 Å². The van der Waals surface area contributed by atoms with Gasteiger partial charge in [-0.25, -0.2) is 9.48 Å². The number of benzene rings is 1. The zero-order chi connectivity index (χ0) is 15.0. The second-order valence-corrected chi connectivity index (χ2v) is 5.40. The molecule has 104 valence electrons. The molecule has 1 heterocycles. The van der Waals surface area contributed by atoms with Crippen LogP contribution in [0.3, 0.4) is 0 Å². The zero-order valence-electron chi connectivity index (χ0n) is 11.3. The number of carbonyl (C=O) groups is 1. The Bertz CT molecular complexity index is 742. The van der Waals surface area contributed by atoms with Gasteiger partial charge in [-0.3, -0.25) is 4.79 Å². The first-order valence-corrected chi connectivity index (χ1v) is 6.72. The predicted octanol–water partition coefficient (Wildman–Crippen LogP) is 2.62. The van der Waals surface area contributed by atoms with Crippen LogP contribution in [0.2, 0.25) is 0 Å². The normalized spacial score (nSPS) is 10.6. The summed E-state index contributed by atoms with van der Waals surface area (Å²) in [5, 5.41) is 12.9. The van der Waals surface area contributed by atoms with Gasteiger partial charge in [-0.1, -0.05) is 15.9 Å². The van der Waals surface area contributed by atoms with E-state index in [-0.39, 0.29) is 0 Å². The summed E-state index contributed by atoms with van der Waals surface area (Å²) < 4.78 is 2.47. The molecule has 0 saturated heterocycles. The van der Waals surface area contributed by atoms with Crippen molar-refractivity contribution in [1.29, 1.82) is 0 Å². The van der Waals surface area contributed by atoms with Crippen LogP contribution in [0.4, 0.5) is 0 Å². The second-order valence-electron chi connectivity index (χ2n) is 4.61. The Balaban J connectivity index is 2.73. The van der Waals surface area contributed by atoms with Crippen LogP contribution in [0.25, 0.3) is 5.69 Å². The van der Waals surface area contributed by atoms with Crippen LogP contribution in [0, 0.1) is 20.8 Å². The molecule has 1 aromatic carbocycles. The number of hydrogen-bond donors (Lipinski definition) is 1. The maximum Gasteiger partial charge on any atom is 0.360 e. The molecule has 1 N–H and O–H groups in total. The highest BCUT2D eigenvalue weighted by molar-refractivity contribution is 9.10. The van der Waals surface area contributed by atoms with E-state index in [1.807, 2.05) is 26.0 Å². The summed E-state index contributed by atoms with van der Waals surface area (Å²) in [5.41, 5.74) is 2.27. The summed E-state index contributed by atoms with van der Waals surface area (Å²) in [5.74, 6) is -1.32. The average Bonchev–Trinajstić information content (AvgIpc) is 2.35. The summed E-state index contributed by atoms with van der Waals surface area (Å²) in [6, 6.07) is 5.05. The number of carboxylic acid groups (broad SMARTS) is 1. The first-order valence-electron chi connectivity index (χ1n) is 5.92. The third-order valence-corrected chi connectivity index (χ3v) is 4.23. The first kappa shape index (κ1) is 14.5. The van der Waals surface area contributed by atoms with E-state index in [9.17, 15) is 9.59 Å². The Morgan fingerprint density at radius 3 is 2.25 bits per heavy atom. The average molecular weight is 337 g/mol. The maximum absolute atomic E-state index is 11.6. The lowest BCUT2D eigenvalue weighted by molar-refractivity contribution is 0.0686. The number of hydrogen-bond acceptors (Lipinski definition) is 3. The molecule has 0 unspecified atom stereocenters. The highest BCUT2D eigenvalue weighted by atomic mass is 79.9. The molecule has 0 atom stereocenters. The van der Waals surface area contributed by atoms with Gasteiger partial charge < -0.3 is 5.11 Å². The Labute approximate surface area is 124 Å². The van der Waals surface area contributed by atoms with Crippen molar-refractivity contribution in [3.05, 3.63) is 55.4 Å². The quantitative estimate of drug-likeness (QED) is 0.914. The zero-order valence-corrected chi connectivity index (χ0v) is 12.9. The SMILES string of the molecule is Cc1cc(-n2nc(C(=O)O)c(=O)cc2C)cc(C)c1Br. The number of aromatic carboxylic acids is 1. The molecule has 1 aromatic heterocycles. The summed E-state index contributed by atoms with van der Waals surface area (Å²) in [6.45, 7) is 5.60. The number of nitrogens with zero attached hydrogens (tertiary/aromatic N) is 2. The number of aromatic nitrogens is 2. The van der Waals surface area contributed by atoms with Crippen molar-refractivity contribution in [3.8, 4) is 5.69 Å². The van der Waals surface area contributed by atoms with Gasteiger partial charge in [0.2, 0.25) is 11.1 Å². The van der Waals surface area contributed by atoms with E-state index in [0.29, 0.717) is 5.69 Å². The van der Waals surface area contributed by atoms with Gasteiger partial charge in [0.25, 0.3) is 0 Å². The smallest absolute Gasteiger partial charge is 0.360 e. The standard InChI is InChI=1S/C14H13BrN2O3/c1-7-4-10(5-8(2)12(7)15)17-9(3)6-11(18)13(16-17)14(19)20/h4-6H,1-3H3,(H,19,20). The molecule has 0 saturated carbocycles. The summed E-state index contributed by atoms with van der Waals surface area (Å²) in [7, 11) is 0. The minimum atomic E-state index is -1.32. The van der Waals surface area contributed by atoms with Gasteiger partial charge in [-0.05, 0) is 44.0 Å². The van der Waals surface area contributed by atoms with Crippen LogP contribution >= 0.6 is 15.9 Å². The predicted molar refractivity (Wildman–Crippen MR) is 78.7 cm³/mol. The summed E-state index contributed by atoms with van der Waals surface area (Å²) in [6.07, 6.45) is 0. The summed E-state index contributed by atoms with van der Waals surface area (Å²) in [4.78, 5) is 22.6. The van der Waals surface area contributed by atoms with Crippen molar-refractivity contribution >= 4 is 21.9 Å². The first-order chi connectivity index (χ1) is 9.31. The van der Waals surface area contributed by atoms with Crippen LogP contribution in [0.15, 0.2) is 27.5 Å². The minimum Gasteiger partial charge on any atom is -0.476 e. The summed E-state index contributed by atoms with van der Waals surface area (Å²) >= 11 is 3.48. The highest BCUT2D eigenvalue weighted by Crippen LogP contribution is 2.24. The highest BCUT2D eigenvalue weighted by Gasteiger charge is 2.14. The van der Waals surface area contributed by atoms with Crippen LogP contribution in [0.1, 0.15) is 27.3 Å². The molecule has 0 aliphatic rings. The molecule has 2 rings (SSSR count). The van der Waals surface area contributed by atoms with E-state index in [2.05, 4.69) is 21.0 Å². The van der Waals surface area contributed by atoms with Crippen molar-refractivity contribution < 1.29 is 9.90 Å². The fourth-order valence-corrected chi connectivity index (χ4v) is 2.23. The number of aryl methyl sites for hydroxylation is 3. The molecule has 0 aliphatic carbocycles. The molecule has 0 bridgehead atoms. The lowest BCUT2D eigenvalue weighted by atomic mass is 10.1. The Kier molecular flexibility index (Phi) is 3.76. The third kappa shape index (κ3) is 2.51. The molecule has 0 fully saturated rings. The van der Waals surface area contributed by atoms with E-state index < -0.39 is 17.1 Å². The van der Waals surface area contributed by atoms with Gasteiger partial charge in [0.15, 0.2) is 0 Å². The van der Waals surface area contributed by atoms with Crippen molar-refractivity contribution in [2.45, 2.75) is 20.8 Å². The fourth-order valence-electron chi connectivity index (χ4n) is 2.00. The minimum absolute atomic E-state index is 0.478. The molecule has 5 nitrogen and oxygen atoms in total. The number of halogens is 1. The van der Waals surface area contributed by atoms with Crippen molar-refractivity contribution in [2.24, 2.45) is 0 Å². The molecule has 2 aromatic rings. The van der Waals surface area contributed by atoms with Gasteiger partial charge in [0.05, 0.1) is 5.69 Å². The van der Waals surface area contributed by atoms with Crippen molar-refractivity contribution in [1.82, 2.24) is 9.78 Å². The monoisotopic (exact) mass is 336 g/mol. The van der Waals surface area contributed by atoms with Gasteiger partial charge >= 0.3 is 5.97 Å². The van der Waals surface area contributed by atoms with E-state index in [4.69, 9.17) is 5.11 Å². The number of rotatable bonds is 2. The Hall–Kier alpha value is -1.95. The van der Waals surface area contributed by atoms with Crippen LogP contribution in [-0.4, -0.2) is 20.9 Å². The lowest BCUT2D eigenvalue weighted by Crippen LogP contribution is -2.22. The van der Waals surface area contributed by atoms with E-state index in [0.717, 1.165) is 21.3 Å². The molecule has 6 heteroatoms. The van der Waals surface area contributed by atoms with Crippen LogP contribution in [0.5, 0.6) is 0 Å². The molecule has 0 radical (unpaired) electrons. The van der Waals surface area contributed by atoms with E-state index in [1.54, 1.807) is 6.92 Å². The van der Waals surface area contributed by atoms with Crippen LogP contribution in [-0.2, 0) is 0 Å². The van der Waals surface area contributed by atoms with E-state index >= 15 is 0 Å². The fraction of sp³-hybridized carbons (Fsp3) is 0.214. The van der Waals surface area contributed by atoms with Gasteiger partial charge in [0.1, 0.15) is 0 Å². The Morgan fingerprint density at radius 2 is 1.75 bits per heavy atom. The lowest BCUT2D eigenvalue weighted by Gasteiger charge is -2.13. The third-order valence-electron chi connectivity index (χ3n) is 2.98. The molecule has 0 spiro atoms. The molecular weight excluding hydrogens is 324 g/mol. The van der Waals surface area contributed by atoms with Gasteiger partial charge in [-0.2, -0.15) is 5.10 Å². The Morgan fingerprint density at radius 1 is 1.20 bits per heavy atom. The molecule has 0 amide bonds. The maximum atomic E-state index is 11.6. The second kappa shape index (κ2) is 5.20. The molecule has 20 heavy (non-hydrogen) atoms. The van der Waals surface area contributed by atoms with Gasteiger partial charge in [-0.15, -0.1) is 0 Å². The van der Waals surface area contributed by atoms with Crippen molar-refractivity contribution in [2.75, 3.05) is 0 Å². The molecular formula is C14H13BrN2O3.